The molecule has 0 aliphatic carbocycles. The van der Waals surface area contributed by atoms with E-state index in [1.54, 1.807) is 32.4 Å². The molecule has 0 unspecified atom stereocenters. The molecule has 0 atom stereocenters. The summed E-state index contributed by atoms with van der Waals surface area (Å²) >= 11 is 7.08. The van der Waals surface area contributed by atoms with E-state index in [0.29, 0.717) is 28.0 Å². The van der Waals surface area contributed by atoms with Gasteiger partial charge < -0.3 is 14.8 Å². The summed E-state index contributed by atoms with van der Waals surface area (Å²) in [6.45, 7) is 0. The minimum absolute atomic E-state index is 0.0161. The van der Waals surface area contributed by atoms with Gasteiger partial charge in [0.05, 0.1) is 35.6 Å². The Kier molecular flexibility index (Phi) is 6.75. The summed E-state index contributed by atoms with van der Waals surface area (Å²) in [7, 11) is 3.10. The Hall–Kier alpha value is -3.31. The molecule has 1 amide bonds. The van der Waals surface area contributed by atoms with Crippen LogP contribution in [0.5, 0.6) is 11.5 Å². The van der Waals surface area contributed by atoms with Crippen LogP contribution in [-0.4, -0.2) is 46.0 Å². The summed E-state index contributed by atoms with van der Waals surface area (Å²) in [5.74, 6) is 1.26. The molecule has 0 radical (unpaired) electrons. The molecule has 1 aromatic heterocycles. The zero-order chi connectivity index (χ0) is 21.7. The first kappa shape index (κ1) is 21.4. The average Bonchev–Trinajstić information content (AvgIpc) is 3.22. The number of ether oxygens (including phenoxy) is 2. The van der Waals surface area contributed by atoms with Gasteiger partial charge in [-0.05, 0) is 18.2 Å². The van der Waals surface area contributed by atoms with Gasteiger partial charge in [0.1, 0.15) is 11.5 Å². The van der Waals surface area contributed by atoms with Crippen molar-refractivity contribution in [3.8, 4) is 22.9 Å². The number of nitrogens with zero attached hydrogens (tertiary/aromatic N) is 3. The molecule has 10 nitrogen and oxygen atoms in total. The van der Waals surface area contributed by atoms with Crippen molar-refractivity contribution in [2.75, 3.05) is 25.3 Å². The largest absolute Gasteiger partial charge is 0.497 e. The number of anilines is 1. The molecule has 0 aliphatic rings. The van der Waals surface area contributed by atoms with Crippen LogP contribution in [0.3, 0.4) is 0 Å². The van der Waals surface area contributed by atoms with Gasteiger partial charge in [-0.1, -0.05) is 23.4 Å². The van der Waals surface area contributed by atoms with E-state index in [1.807, 2.05) is 0 Å². The topological polar surface area (TPSA) is 132 Å². The van der Waals surface area contributed by atoms with Crippen molar-refractivity contribution in [1.82, 2.24) is 15.2 Å². The van der Waals surface area contributed by atoms with E-state index in [2.05, 4.69) is 20.5 Å². The number of amides is 1. The summed E-state index contributed by atoms with van der Waals surface area (Å²) < 4.78 is 10.5. The standard InChI is InChI=1S/C18H16ClN5O5S/c1-28-12-5-10(6-13(8-12)29-2)17-21-18(23-22-17)30-9-16(25)20-15-7-11(24(26)27)3-4-14(15)19/h3-8H,9H2,1-2H3,(H,20,25)(H,21,22,23). The van der Waals surface area contributed by atoms with Crippen molar-refractivity contribution in [3.63, 3.8) is 0 Å². The lowest BCUT2D eigenvalue weighted by Crippen LogP contribution is -2.14. The van der Waals surface area contributed by atoms with Gasteiger partial charge >= 0.3 is 0 Å². The number of hydrogen-bond donors (Lipinski definition) is 2. The summed E-state index contributed by atoms with van der Waals surface area (Å²) in [4.78, 5) is 26.9. The Morgan fingerprint density at radius 3 is 2.57 bits per heavy atom. The molecule has 2 aromatic carbocycles. The summed E-state index contributed by atoms with van der Waals surface area (Å²) in [6, 6.07) is 9.09. The van der Waals surface area contributed by atoms with Crippen molar-refractivity contribution in [2.24, 2.45) is 0 Å². The summed E-state index contributed by atoms with van der Waals surface area (Å²) in [5, 5.41) is 20.9. The molecule has 0 aliphatic heterocycles. The third kappa shape index (κ3) is 5.19. The quantitative estimate of drug-likeness (QED) is 0.301. The van der Waals surface area contributed by atoms with E-state index in [1.165, 1.54) is 18.2 Å². The number of aromatic nitrogens is 3. The van der Waals surface area contributed by atoms with E-state index in [0.717, 1.165) is 11.8 Å². The van der Waals surface area contributed by atoms with Gasteiger partial charge in [0, 0.05) is 23.8 Å². The van der Waals surface area contributed by atoms with Gasteiger partial charge in [-0.2, -0.15) is 0 Å². The minimum Gasteiger partial charge on any atom is -0.497 e. The first-order valence-corrected chi connectivity index (χ1v) is 9.78. The molecule has 3 aromatic rings. The molecular weight excluding hydrogens is 434 g/mol. The molecular formula is C18H16ClN5O5S. The van der Waals surface area contributed by atoms with Gasteiger partial charge in [0.25, 0.3) is 5.69 Å². The number of nitro benzene ring substituents is 1. The minimum atomic E-state index is -0.566. The second-order valence-electron chi connectivity index (χ2n) is 5.83. The number of nitro groups is 1. The Morgan fingerprint density at radius 2 is 1.93 bits per heavy atom. The van der Waals surface area contributed by atoms with Crippen LogP contribution >= 0.6 is 23.4 Å². The third-order valence-corrected chi connectivity index (χ3v) is 5.03. The number of carbonyl (C=O) groups excluding carboxylic acids is 1. The molecule has 3 rings (SSSR count). The van der Waals surface area contributed by atoms with Crippen LogP contribution in [0.15, 0.2) is 41.6 Å². The second kappa shape index (κ2) is 9.46. The van der Waals surface area contributed by atoms with Crippen molar-refractivity contribution < 1.29 is 19.2 Å². The normalized spacial score (nSPS) is 10.5. The van der Waals surface area contributed by atoms with Gasteiger partial charge in [-0.3, -0.25) is 20.0 Å². The maximum atomic E-state index is 12.2. The molecule has 0 saturated heterocycles. The van der Waals surface area contributed by atoms with E-state index >= 15 is 0 Å². The zero-order valence-corrected chi connectivity index (χ0v) is 17.4. The number of rotatable bonds is 8. The molecule has 1 heterocycles. The number of benzene rings is 2. The predicted octanol–water partition coefficient (Wildman–Crippen LogP) is 3.78. The highest BCUT2D eigenvalue weighted by Gasteiger charge is 2.14. The fraction of sp³-hybridized carbons (Fsp3) is 0.167. The molecule has 0 saturated carbocycles. The first-order chi connectivity index (χ1) is 14.4. The smallest absolute Gasteiger partial charge is 0.271 e. The fourth-order valence-electron chi connectivity index (χ4n) is 2.42. The van der Waals surface area contributed by atoms with Crippen LogP contribution in [0.1, 0.15) is 0 Å². The highest BCUT2D eigenvalue weighted by Crippen LogP contribution is 2.29. The number of non-ortho nitro benzene ring substituents is 1. The SMILES string of the molecule is COc1cc(OC)cc(-c2nc(SCC(=O)Nc3cc([N+](=O)[O-])ccc3Cl)n[nH]2)c1. The van der Waals surface area contributed by atoms with Crippen LogP contribution in [0.25, 0.3) is 11.4 Å². The number of nitrogens with one attached hydrogen (secondary N) is 2. The van der Waals surface area contributed by atoms with Crippen molar-refractivity contribution >= 4 is 40.6 Å². The van der Waals surface area contributed by atoms with Crippen LogP contribution in [0.2, 0.25) is 5.02 Å². The number of hydrogen-bond acceptors (Lipinski definition) is 8. The number of halogens is 1. The molecule has 0 spiro atoms. The van der Waals surface area contributed by atoms with E-state index in [-0.39, 0.29) is 22.2 Å². The first-order valence-electron chi connectivity index (χ1n) is 8.42. The van der Waals surface area contributed by atoms with Crippen LogP contribution in [0, 0.1) is 10.1 Å². The van der Waals surface area contributed by atoms with E-state index in [4.69, 9.17) is 21.1 Å². The van der Waals surface area contributed by atoms with Crippen molar-refractivity contribution in [1.29, 1.82) is 0 Å². The summed E-state index contributed by atoms with van der Waals surface area (Å²) in [5.41, 5.74) is 0.698. The van der Waals surface area contributed by atoms with E-state index < -0.39 is 10.8 Å². The number of aromatic amines is 1. The lowest BCUT2D eigenvalue weighted by Gasteiger charge is -2.06. The molecule has 0 fully saturated rings. The van der Waals surface area contributed by atoms with Crippen molar-refractivity contribution in [2.45, 2.75) is 5.16 Å². The number of carbonyl (C=O) groups is 1. The Morgan fingerprint density at radius 1 is 1.23 bits per heavy atom. The monoisotopic (exact) mass is 449 g/mol. The highest BCUT2D eigenvalue weighted by atomic mass is 35.5. The number of H-pyrrole nitrogens is 1. The number of methoxy groups -OCH3 is 2. The van der Waals surface area contributed by atoms with Gasteiger partial charge in [-0.25, -0.2) is 4.98 Å². The lowest BCUT2D eigenvalue weighted by atomic mass is 10.2. The van der Waals surface area contributed by atoms with Gasteiger partial charge in [-0.15, -0.1) is 5.10 Å². The molecule has 156 valence electrons. The second-order valence-corrected chi connectivity index (χ2v) is 7.18. The molecule has 12 heteroatoms. The average molecular weight is 450 g/mol. The Balaban J connectivity index is 1.65. The molecule has 30 heavy (non-hydrogen) atoms. The Labute approximate surface area is 180 Å². The highest BCUT2D eigenvalue weighted by molar-refractivity contribution is 7.99. The third-order valence-electron chi connectivity index (χ3n) is 3.86. The maximum Gasteiger partial charge on any atom is 0.271 e. The maximum absolute atomic E-state index is 12.2. The van der Waals surface area contributed by atoms with Crippen molar-refractivity contribution in [3.05, 3.63) is 51.5 Å². The predicted molar refractivity (Wildman–Crippen MR) is 112 cm³/mol. The molecule has 0 bridgehead atoms. The molecule has 2 N–H and O–H groups in total. The van der Waals surface area contributed by atoms with E-state index in [9.17, 15) is 14.9 Å². The Bertz CT molecular complexity index is 1070. The van der Waals surface area contributed by atoms with Crippen LogP contribution < -0.4 is 14.8 Å². The fourth-order valence-corrected chi connectivity index (χ4v) is 3.19. The lowest BCUT2D eigenvalue weighted by molar-refractivity contribution is -0.384. The number of thioether (sulfide) groups is 1. The van der Waals surface area contributed by atoms with Gasteiger partial charge in [0.15, 0.2) is 5.82 Å². The van der Waals surface area contributed by atoms with Gasteiger partial charge in [0.2, 0.25) is 11.1 Å². The zero-order valence-electron chi connectivity index (χ0n) is 15.8. The van der Waals surface area contributed by atoms with Crippen LogP contribution in [-0.2, 0) is 4.79 Å². The van der Waals surface area contributed by atoms with Crippen LogP contribution in [0.4, 0.5) is 11.4 Å². The summed E-state index contributed by atoms with van der Waals surface area (Å²) in [6.07, 6.45) is 0.